The van der Waals surface area contributed by atoms with Crippen LogP contribution in [0.2, 0.25) is 0 Å². The van der Waals surface area contributed by atoms with Crippen LogP contribution < -0.4 is 15.2 Å². The molecule has 1 fully saturated rings. The Labute approximate surface area is 91.4 Å². The average molecular weight is 230 g/mol. The van der Waals surface area contributed by atoms with Gasteiger partial charge in [0, 0.05) is 12.8 Å². The van der Waals surface area contributed by atoms with Gasteiger partial charge in [-0.3, -0.25) is 0 Å². The van der Waals surface area contributed by atoms with E-state index in [1.165, 1.54) is 13.2 Å². The van der Waals surface area contributed by atoms with Crippen molar-refractivity contribution in [2.75, 3.05) is 12.8 Å². The molecule has 88 valence electrons. The molecule has 0 aromatic carbocycles. The molecule has 1 saturated carbocycles. The van der Waals surface area contributed by atoms with Gasteiger partial charge in [-0.1, -0.05) is 0 Å². The highest BCUT2D eigenvalue weighted by molar-refractivity contribution is 5.42. The molecule has 0 saturated heterocycles. The molecule has 0 amide bonds. The molecule has 0 unspecified atom stereocenters. The molecule has 6 heteroatoms. The van der Waals surface area contributed by atoms with Gasteiger partial charge in [-0.2, -0.15) is 4.98 Å². The van der Waals surface area contributed by atoms with Crippen LogP contribution in [0.25, 0.3) is 0 Å². The number of hydrogen-bond acceptors (Lipinski definition) is 4. The van der Waals surface area contributed by atoms with E-state index in [1.807, 2.05) is 0 Å². The summed E-state index contributed by atoms with van der Waals surface area (Å²) in [6, 6.07) is 3.10. The lowest BCUT2D eigenvalue weighted by Crippen LogP contribution is -2.43. The van der Waals surface area contributed by atoms with Gasteiger partial charge in [0.2, 0.25) is 0 Å². The number of aromatic nitrogens is 1. The van der Waals surface area contributed by atoms with Crippen LogP contribution in [-0.4, -0.2) is 24.1 Å². The predicted molar refractivity (Wildman–Crippen MR) is 53.8 cm³/mol. The lowest BCUT2D eigenvalue weighted by molar-refractivity contribution is -0.134. The maximum absolute atomic E-state index is 12.6. The summed E-state index contributed by atoms with van der Waals surface area (Å²) in [5, 5.41) is 0. The molecule has 1 aliphatic rings. The van der Waals surface area contributed by atoms with Crippen molar-refractivity contribution in [1.29, 1.82) is 0 Å². The molecule has 1 aromatic heterocycles. The third kappa shape index (κ3) is 2.15. The van der Waals surface area contributed by atoms with Crippen molar-refractivity contribution in [2.24, 2.45) is 0 Å². The standard InChI is InChI=1S/C10H12F2N2O2/c1-15-9-7(2-3-8(13)14-9)16-6-4-10(11,12)5-6/h2-3,6H,4-5H2,1H3,(H2,13,14). The zero-order chi connectivity index (χ0) is 11.8. The summed E-state index contributed by atoms with van der Waals surface area (Å²) in [5.74, 6) is -1.74. The quantitative estimate of drug-likeness (QED) is 0.860. The Morgan fingerprint density at radius 2 is 2.12 bits per heavy atom. The number of nitrogen functional groups attached to an aromatic ring is 1. The fraction of sp³-hybridized carbons (Fsp3) is 0.500. The van der Waals surface area contributed by atoms with E-state index in [4.69, 9.17) is 15.2 Å². The molecule has 1 heterocycles. The number of halogens is 2. The fourth-order valence-electron chi connectivity index (χ4n) is 1.55. The Morgan fingerprint density at radius 3 is 2.69 bits per heavy atom. The second kappa shape index (κ2) is 3.77. The summed E-state index contributed by atoms with van der Waals surface area (Å²) >= 11 is 0. The van der Waals surface area contributed by atoms with Crippen LogP contribution in [0, 0.1) is 0 Å². The molecule has 0 atom stereocenters. The number of alkyl halides is 2. The Hall–Kier alpha value is -1.59. The molecule has 16 heavy (non-hydrogen) atoms. The largest absolute Gasteiger partial charge is 0.484 e. The summed E-state index contributed by atoms with van der Waals surface area (Å²) in [6.45, 7) is 0. The average Bonchev–Trinajstić information content (AvgIpc) is 2.18. The molecular formula is C10H12F2N2O2. The molecule has 0 spiro atoms. The van der Waals surface area contributed by atoms with Gasteiger partial charge in [0.05, 0.1) is 7.11 Å². The summed E-state index contributed by atoms with van der Waals surface area (Å²) in [5.41, 5.74) is 5.46. The number of rotatable bonds is 3. The van der Waals surface area contributed by atoms with E-state index in [2.05, 4.69) is 4.98 Å². The van der Waals surface area contributed by atoms with Crippen LogP contribution in [0.3, 0.4) is 0 Å². The van der Waals surface area contributed by atoms with E-state index in [-0.39, 0.29) is 18.7 Å². The fourth-order valence-corrected chi connectivity index (χ4v) is 1.55. The van der Waals surface area contributed by atoms with Crippen molar-refractivity contribution >= 4 is 5.82 Å². The first-order chi connectivity index (χ1) is 7.50. The Morgan fingerprint density at radius 1 is 1.44 bits per heavy atom. The minimum Gasteiger partial charge on any atom is -0.484 e. The monoisotopic (exact) mass is 230 g/mol. The summed E-state index contributed by atoms with van der Waals surface area (Å²) in [7, 11) is 1.42. The smallest absolute Gasteiger partial charge is 0.258 e. The maximum atomic E-state index is 12.6. The van der Waals surface area contributed by atoms with Crippen LogP contribution in [0.1, 0.15) is 12.8 Å². The van der Waals surface area contributed by atoms with Gasteiger partial charge in [0.25, 0.3) is 11.8 Å². The van der Waals surface area contributed by atoms with Crippen molar-refractivity contribution in [1.82, 2.24) is 4.98 Å². The first kappa shape index (κ1) is 10.9. The highest BCUT2D eigenvalue weighted by Gasteiger charge is 2.47. The third-order valence-electron chi connectivity index (χ3n) is 2.39. The van der Waals surface area contributed by atoms with Gasteiger partial charge >= 0.3 is 0 Å². The molecular weight excluding hydrogens is 218 g/mol. The zero-order valence-corrected chi connectivity index (χ0v) is 8.74. The SMILES string of the molecule is COc1nc(N)ccc1OC1CC(F)(F)C1. The lowest BCUT2D eigenvalue weighted by atomic mass is 9.91. The Bertz CT molecular complexity index is 390. The van der Waals surface area contributed by atoms with Crippen molar-refractivity contribution in [3.8, 4) is 11.6 Å². The van der Waals surface area contributed by atoms with Gasteiger partial charge in [-0.05, 0) is 12.1 Å². The van der Waals surface area contributed by atoms with Gasteiger partial charge < -0.3 is 15.2 Å². The minimum atomic E-state index is -2.60. The highest BCUT2D eigenvalue weighted by atomic mass is 19.3. The molecule has 1 aromatic rings. The Balaban J connectivity index is 2.05. The number of anilines is 1. The molecule has 2 rings (SSSR count). The molecule has 0 bridgehead atoms. The molecule has 4 nitrogen and oxygen atoms in total. The highest BCUT2D eigenvalue weighted by Crippen LogP contribution is 2.41. The van der Waals surface area contributed by atoms with Crippen molar-refractivity contribution < 1.29 is 18.3 Å². The summed E-state index contributed by atoms with van der Waals surface area (Å²) in [6.07, 6.45) is -1.00. The minimum absolute atomic E-state index is 0.218. The van der Waals surface area contributed by atoms with E-state index >= 15 is 0 Å². The second-order valence-corrected chi connectivity index (χ2v) is 3.75. The normalized spacial score (nSPS) is 18.9. The maximum Gasteiger partial charge on any atom is 0.258 e. The first-order valence-electron chi connectivity index (χ1n) is 4.85. The molecule has 0 aliphatic heterocycles. The summed E-state index contributed by atoms with van der Waals surface area (Å²) in [4.78, 5) is 3.88. The number of pyridine rings is 1. The number of ether oxygens (including phenoxy) is 2. The van der Waals surface area contributed by atoms with Crippen LogP contribution in [0.5, 0.6) is 11.6 Å². The van der Waals surface area contributed by atoms with Gasteiger partial charge in [0.1, 0.15) is 11.9 Å². The van der Waals surface area contributed by atoms with E-state index in [9.17, 15) is 8.78 Å². The van der Waals surface area contributed by atoms with E-state index in [0.29, 0.717) is 11.6 Å². The van der Waals surface area contributed by atoms with E-state index < -0.39 is 12.0 Å². The second-order valence-electron chi connectivity index (χ2n) is 3.75. The van der Waals surface area contributed by atoms with E-state index in [1.54, 1.807) is 6.07 Å². The first-order valence-corrected chi connectivity index (χ1v) is 4.85. The van der Waals surface area contributed by atoms with Gasteiger partial charge in [-0.15, -0.1) is 0 Å². The van der Waals surface area contributed by atoms with Crippen molar-refractivity contribution in [3.63, 3.8) is 0 Å². The van der Waals surface area contributed by atoms with Gasteiger partial charge in [0.15, 0.2) is 5.75 Å². The molecule has 1 aliphatic carbocycles. The van der Waals surface area contributed by atoms with Crippen LogP contribution >= 0.6 is 0 Å². The zero-order valence-electron chi connectivity index (χ0n) is 8.74. The number of hydrogen-bond donors (Lipinski definition) is 1. The summed E-state index contributed by atoms with van der Waals surface area (Å²) < 4.78 is 35.5. The van der Waals surface area contributed by atoms with Crippen LogP contribution in [0.4, 0.5) is 14.6 Å². The molecule has 0 radical (unpaired) electrons. The van der Waals surface area contributed by atoms with Crippen LogP contribution in [-0.2, 0) is 0 Å². The predicted octanol–water partition coefficient (Wildman–Crippen LogP) is 1.85. The lowest BCUT2D eigenvalue weighted by Gasteiger charge is -2.34. The Kier molecular flexibility index (Phi) is 2.57. The molecule has 2 N–H and O–H groups in total. The number of nitrogens with two attached hydrogens (primary N) is 1. The number of methoxy groups -OCH3 is 1. The van der Waals surface area contributed by atoms with Crippen molar-refractivity contribution in [3.05, 3.63) is 12.1 Å². The third-order valence-corrected chi connectivity index (χ3v) is 2.39. The van der Waals surface area contributed by atoms with Crippen molar-refractivity contribution in [2.45, 2.75) is 24.9 Å². The number of nitrogens with zero attached hydrogens (tertiary/aromatic N) is 1. The van der Waals surface area contributed by atoms with Crippen LogP contribution in [0.15, 0.2) is 12.1 Å². The van der Waals surface area contributed by atoms with Gasteiger partial charge in [-0.25, -0.2) is 8.78 Å². The topological polar surface area (TPSA) is 57.4 Å². The van der Waals surface area contributed by atoms with E-state index in [0.717, 1.165) is 0 Å².